The Morgan fingerprint density at radius 1 is 1.24 bits per heavy atom. The van der Waals surface area contributed by atoms with Gasteiger partial charge in [0.05, 0.1) is 12.1 Å². The van der Waals surface area contributed by atoms with Crippen molar-refractivity contribution in [1.82, 2.24) is 15.0 Å². The van der Waals surface area contributed by atoms with Crippen LogP contribution in [0.5, 0.6) is 0 Å². The molecule has 21 heavy (non-hydrogen) atoms. The van der Waals surface area contributed by atoms with Gasteiger partial charge in [0.1, 0.15) is 29.2 Å². The van der Waals surface area contributed by atoms with Gasteiger partial charge in [-0.3, -0.25) is 0 Å². The summed E-state index contributed by atoms with van der Waals surface area (Å²) in [5.74, 6) is 0.329. The van der Waals surface area contributed by atoms with Gasteiger partial charge in [0.2, 0.25) is 0 Å². The van der Waals surface area contributed by atoms with Crippen molar-refractivity contribution in [3.8, 4) is 6.07 Å². The highest BCUT2D eigenvalue weighted by molar-refractivity contribution is 5.52. The predicted molar refractivity (Wildman–Crippen MR) is 67.7 cm³/mol. The third-order valence-electron chi connectivity index (χ3n) is 2.45. The first kappa shape index (κ1) is 14.5. The molecule has 108 valence electrons. The zero-order valence-electron chi connectivity index (χ0n) is 10.5. The highest BCUT2D eigenvalue weighted by Crippen LogP contribution is 2.29. The monoisotopic (exact) mass is 294 g/mol. The average Bonchev–Trinajstić information content (AvgIpc) is 2.44. The minimum Gasteiger partial charge on any atom is -0.384 e. The van der Waals surface area contributed by atoms with Gasteiger partial charge >= 0.3 is 6.18 Å². The number of nitrogen functional groups attached to an aromatic ring is 1. The van der Waals surface area contributed by atoms with Crippen molar-refractivity contribution in [3.63, 3.8) is 0 Å². The summed E-state index contributed by atoms with van der Waals surface area (Å²) in [6, 6.07) is 5.05. The van der Waals surface area contributed by atoms with Crippen LogP contribution in [0, 0.1) is 11.3 Å². The van der Waals surface area contributed by atoms with Gasteiger partial charge in [-0.05, 0) is 18.2 Å². The molecule has 0 spiro atoms. The Morgan fingerprint density at radius 2 is 2.00 bits per heavy atom. The number of aromatic nitrogens is 3. The molecule has 0 fully saturated rings. The molecule has 0 aliphatic carbocycles. The summed E-state index contributed by atoms with van der Waals surface area (Å²) in [6.07, 6.45) is -3.16. The fraction of sp³-hybridized carbons (Fsp3) is 0.167. The van der Waals surface area contributed by atoms with Crippen LogP contribution in [0.25, 0.3) is 0 Å². The van der Waals surface area contributed by atoms with Crippen LogP contribution in [0.3, 0.4) is 0 Å². The first-order valence-corrected chi connectivity index (χ1v) is 5.70. The molecule has 0 aromatic carbocycles. The van der Waals surface area contributed by atoms with Crippen LogP contribution in [-0.4, -0.2) is 15.0 Å². The molecule has 0 saturated heterocycles. The Kier molecular flexibility index (Phi) is 3.89. The van der Waals surface area contributed by atoms with E-state index in [1.54, 1.807) is 6.07 Å². The third-order valence-corrected chi connectivity index (χ3v) is 2.45. The molecule has 0 radical (unpaired) electrons. The van der Waals surface area contributed by atoms with Crippen molar-refractivity contribution in [2.24, 2.45) is 0 Å². The van der Waals surface area contributed by atoms with Gasteiger partial charge in [-0.25, -0.2) is 15.0 Å². The smallest absolute Gasteiger partial charge is 0.384 e. The van der Waals surface area contributed by atoms with Crippen LogP contribution in [0.4, 0.5) is 24.8 Å². The summed E-state index contributed by atoms with van der Waals surface area (Å²) in [4.78, 5) is 11.2. The minimum atomic E-state index is -4.59. The third kappa shape index (κ3) is 3.56. The van der Waals surface area contributed by atoms with Gasteiger partial charge in [0.25, 0.3) is 0 Å². The SMILES string of the molecule is N#Cc1ccc(C(F)(F)F)nc1NCc1nccc(N)n1. The molecule has 2 aromatic heterocycles. The van der Waals surface area contributed by atoms with Gasteiger partial charge in [-0.15, -0.1) is 0 Å². The van der Waals surface area contributed by atoms with Crippen molar-refractivity contribution in [2.45, 2.75) is 12.7 Å². The lowest BCUT2D eigenvalue weighted by molar-refractivity contribution is -0.141. The van der Waals surface area contributed by atoms with Crippen LogP contribution in [0.2, 0.25) is 0 Å². The number of anilines is 2. The van der Waals surface area contributed by atoms with Gasteiger partial charge in [0, 0.05) is 6.20 Å². The Labute approximate surface area is 117 Å². The molecule has 2 heterocycles. The Morgan fingerprint density at radius 3 is 2.62 bits per heavy atom. The fourth-order valence-electron chi connectivity index (χ4n) is 1.50. The summed E-state index contributed by atoms with van der Waals surface area (Å²) in [6.45, 7) is -0.00592. The molecule has 0 amide bonds. The zero-order valence-corrected chi connectivity index (χ0v) is 10.5. The van der Waals surface area contributed by atoms with Crippen molar-refractivity contribution >= 4 is 11.6 Å². The van der Waals surface area contributed by atoms with Crippen molar-refractivity contribution in [2.75, 3.05) is 11.1 Å². The second-order valence-electron chi connectivity index (χ2n) is 3.95. The molecule has 0 atom stereocenters. The fourth-order valence-corrected chi connectivity index (χ4v) is 1.50. The number of alkyl halides is 3. The molecule has 0 bridgehead atoms. The van der Waals surface area contributed by atoms with Crippen LogP contribution in [0.1, 0.15) is 17.1 Å². The number of nitriles is 1. The highest BCUT2D eigenvalue weighted by Gasteiger charge is 2.33. The van der Waals surface area contributed by atoms with Gasteiger partial charge < -0.3 is 11.1 Å². The zero-order chi connectivity index (χ0) is 15.5. The first-order valence-electron chi connectivity index (χ1n) is 5.70. The number of halogens is 3. The Balaban J connectivity index is 2.24. The van der Waals surface area contributed by atoms with E-state index in [1.807, 2.05) is 0 Å². The molecular formula is C12H9F3N6. The molecule has 0 aliphatic heterocycles. The molecule has 0 unspecified atom stereocenters. The van der Waals surface area contributed by atoms with E-state index in [2.05, 4.69) is 20.3 Å². The number of nitrogens with one attached hydrogen (secondary N) is 1. The van der Waals surface area contributed by atoms with E-state index in [0.717, 1.165) is 12.1 Å². The Bertz CT molecular complexity index is 692. The summed E-state index contributed by atoms with van der Waals surface area (Å²) in [7, 11) is 0. The van der Waals surface area contributed by atoms with E-state index in [0.29, 0.717) is 0 Å². The number of nitrogens with two attached hydrogens (primary N) is 1. The van der Waals surface area contributed by atoms with E-state index in [1.165, 1.54) is 12.3 Å². The lowest BCUT2D eigenvalue weighted by Gasteiger charge is -2.10. The molecule has 0 aliphatic rings. The molecule has 2 aromatic rings. The van der Waals surface area contributed by atoms with E-state index < -0.39 is 11.9 Å². The maximum Gasteiger partial charge on any atom is 0.433 e. The van der Waals surface area contributed by atoms with Crippen LogP contribution < -0.4 is 11.1 Å². The molecule has 0 saturated carbocycles. The first-order chi connectivity index (χ1) is 9.90. The lowest BCUT2D eigenvalue weighted by atomic mass is 10.2. The van der Waals surface area contributed by atoms with Gasteiger partial charge in [-0.2, -0.15) is 18.4 Å². The Hall–Kier alpha value is -2.89. The summed E-state index contributed by atoms with van der Waals surface area (Å²) < 4.78 is 37.8. The molecule has 9 heteroatoms. The topological polar surface area (TPSA) is 101 Å². The van der Waals surface area contributed by atoms with E-state index in [-0.39, 0.29) is 29.6 Å². The minimum absolute atomic E-state index is 0.00592. The summed E-state index contributed by atoms with van der Waals surface area (Å²) >= 11 is 0. The number of hydrogen-bond acceptors (Lipinski definition) is 6. The quantitative estimate of drug-likeness (QED) is 0.897. The molecular weight excluding hydrogens is 285 g/mol. The average molecular weight is 294 g/mol. The van der Waals surface area contributed by atoms with Gasteiger partial charge in [-0.1, -0.05) is 0 Å². The second-order valence-corrected chi connectivity index (χ2v) is 3.95. The van der Waals surface area contributed by atoms with Crippen molar-refractivity contribution in [1.29, 1.82) is 5.26 Å². The van der Waals surface area contributed by atoms with Crippen molar-refractivity contribution < 1.29 is 13.2 Å². The molecule has 2 rings (SSSR count). The number of nitrogens with zero attached hydrogens (tertiary/aromatic N) is 4. The lowest BCUT2D eigenvalue weighted by Crippen LogP contribution is -2.12. The number of hydrogen-bond donors (Lipinski definition) is 2. The largest absolute Gasteiger partial charge is 0.433 e. The summed E-state index contributed by atoms with van der Waals surface area (Å²) in [5.41, 5.74) is 4.38. The number of pyridine rings is 1. The summed E-state index contributed by atoms with van der Waals surface area (Å²) in [5, 5.41) is 11.5. The van der Waals surface area contributed by atoms with Crippen molar-refractivity contribution in [3.05, 3.63) is 41.5 Å². The number of rotatable bonds is 3. The predicted octanol–water partition coefficient (Wildman–Crippen LogP) is 1.96. The normalized spacial score (nSPS) is 11.0. The van der Waals surface area contributed by atoms with Crippen LogP contribution in [0.15, 0.2) is 24.4 Å². The molecule has 6 nitrogen and oxygen atoms in total. The van der Waals surface area contributed by atoms with Crippen LogP contribution in [-0.2, 0) is 12.7 Å². The maximum atomic E-state index is 12.6. The van der Waals surface area contributed by atoms with E-state index >= 15 is 0 Å². The molecule has 3 N–H and O–H groups in total. The standard InChI is InChI=1S/C12H9F3N6/c13-12(14,15)8-2-1-7(5-16)11(20-8)19-6-10-18-4-3-9(17)21-10/h1-4H,6H2,(H,19,20)(H2,17,18,21). The second kappa shape index (κ2) is 5.62. The van der Waals surface area contributed by atoms with E-state index in [9.17, 15) is 13.2 Å². The highest BCUT2D eigenvalue weighted by atomic mass is 19.4. The maximum absolute atomic E-state index is 12.6. The van der Waals surface area contributed by atoms with Gasteiger partial charge in [0.15, 0.2) is 0 Å². The van der Waals surface area contributed by atoms with E-state index in [4.69, 9.17) is 11.0 Å². The van der Waals surface area contributed by atoms with Crippen LogP contribution >= 0.6 is 0 Å².